The SMILES string of the molecule is CCC1CC2C(=O)C(c3nc4ccccc4s3)=COC2C(CN2CCCC(C)(C)C2)C1O. The molecule has 1 N–H and O–H groups in total. The first-order valence-corrected chi connectivity index (χ1v) is 12.8. The van der Waals surface area contributed by atoms with Crippen molar-refractivity contribution < 1.29 is 14.6 Å². The summed E-state index contributed by atoms with van der Waals surface area (Å²) in [6.45, 7) is 9.64. The standard InChI is InChI=1S/C26H34N2O3S/c1-4-16-12-17-23(30)19(25-27-20-8-5-6-9-21(20)32-25)14-31-24(17)18(22(16)29)13-28-11-7-10-26(2,3)15-28/h5-6,8-9,14,16-18,22,24,29H,4,7,10-13,15H2,1-3H3. The van der Waals surface area contributed by atoms with Gasteiger partial charge in [0.25, 0.3) is 0 Å². The Labute approximate surface area is 194 Å². The average Bonchev–Trinajstić information content (AvgIpc) is 3.19. The van der Waals surface area contributed by atoms with Crippen LogP contribution in [0, 0.1) is 23.2 Å². The third kappa shape index (κ3) is 4.02. The molecule has 2 fully saturated rings. The van der Waals surface area contributed by atoms with Crippen molar-refractivity contribution in [2.75, 3.05) is 19.6 Å². The fourth-order valence-electron chi connectivity index (χ4n) is 6.06. The number of likely N-dealkylation sites (tertiary alicyclic amines) is 1. The van der Waals surface area contributed by atoms with Crippen molar-refractivity contribution in [3.05, 3.63) is 35.5 Å². The number of rotatable bonds is 4. The lowest BCUT2D eigenvalue weighted by Gasteiger charge is -2.48. The Kier molecular flexibility index (Phi) is 5.89. The Morgan fingerprint density at radius 2 is 2.12 bits per heavy atom. The maximum atomic E-state index is 13.7. The van der Waals surface area contributed by atoms with Crippen molar-refractivity contribution >= 4 is 32.9 Å². The highest BCUT2D eigenvalue weighted by molar-refractivity contribution is 7.19. The first-order chi connectivity index (χ1) is 15.4. The van der Waals surface area contributed by atoms with Crippen LogP contribution in [0.15, 0.2) is 30.5 Å². The van der Waals surface area contributed by atoms with Crippen LogP contribution < -0.4 is 0 Å². The topological polar surface area (TPSA) is 62.7 Å². The van der Waals surface area contributed by atoms with Crippen molar-refractivity contribution in [1.29, 1.82) is 0 Å². The van der Waals surface area contributed by atoms with Gasteiger partial charge in [0.15, 0.2) is 5.78 Å². The highest BCUT2D eigenvalue weighted by atomic mass is 32.1. The number of hydrogen-bond donors (Lipinski definition) is 1. The summed E-state index contributed by atoms with van der Waals surface area (Å²) in [5, 5.41) is 12.0. The number of carbonyl (C=O) groups excluding carboxylic acids is 1. The second-order valence-corrected chi connectivity index (χ2v) is 11.7. The van der Waals surface area contributed by atoms with E-state index < -0.39 is 6.10 Å². The quantitative estimate of drug-likeness (QED) is 0.722. The smallest absolute Gasteiger partial charge is 0.175 e. The number of thiazole rings is 1. The van der Waals surface area contributed by atoms with Gasteiger partial charge in [0.1, 0.15) is 11.1 Å². The zero-order valence-corrected chi connectivity index (χ0v) is 20.1. The first kappa shape index (κ1) is 22.1. The van der Waals surface area contributed by atoms with E-state index in [-0.39, 0.29) is 29.6 Å². The fourth-order valence-corrected chi connectivity index (χ4v) is 7.04. The number of aliphatic hydroxyl groups is 1. The predicted octanol–water partition coefficient (Wildman–Crippen LogP) is 4.75. The van der Waals surface area contributed by atoms with E-state index in [0.29, 0.717) is 17.4 Å². The third-order valence-corrected chi connectivity index (χ3v) is 8.81. The minimum atomic E-state index is -0.434. The molecule has 2 aromatic rings. The Hall–Kier alpha value is -1.76. The number of aliphatic hydroxyl groups excluding tert-OH is 1. The Morgan fingerprint density at radius 1 is 1.31 bits per heavy atom. The molecule has 0 spiro atoms. The summed E-state index contributed by atoms with van der Waals surface area (Å²) in [7, 11) is 0. The monoisotopic (exact) mass is 454 g/mol. The minimum absolute atomic E-state index is 0.0512. The van der Waals surface area contributed by atoms with Crippen LogP contribution >= 0.6 is 11.3 Å². The van der Waals surface area contributed by atoms with Crippen LogP contribution in [0.5, 0.6) is 0 Å². The molecule has 5 atom stereocenters. The number of fused-ring (bicyclic) bond motifs is 2. The number of Topliss-reactive ketones (excluding diaryl/α,β-unsaturated/α-hetero) is 1. The number of para-hydroxylation sites is 1. The molecule has 0 amide bonds. The first-order valence-electron chi connectivity index (χ1n) is 12.0. The number of hydrogen-bond acceptors (Lipinski definition) is 6. The highest BCUT2D eigenvalue weighted by Crippen LogP contribution is 2.44. The molecule has 5 nitrogen and oxygen atoms in total. The van der Waals surface area contributed by atoms with Crippen LogP contribution in [0.25, 0.3) is 15.8 Å². The number of benzene rings is 1. The number of ether oxygens (including phenoxy) is 1. The molecule has 6 heteroatoms. The molecule has 0 radical (unpaired) electrons. The molecule has 1 saturated heterocycles. The van der Waals surface area contributed by atoms with Gasteiger partial charge in [-0.25, -0.2) is 4.98 Å². The van der Waals surface area contributed by atoms with Crippen LogP contribution in [0.1, 0.15) is 51.5 Å². The molecule has 0 bridgehead atoms. The Morgan fingerprint density at radius 3 is 2.88 bits per heavy atom. The molecule has 172 valence electrons. The largest absolute Gasteiger partial charge is 0.496 e. The van der Waals surface area contributed by atoms with Crippen molar-refractivity contribution in [2.24, 2.45) is 23.2 Å². The van der Waals surface area contributed by atoms with Crippen LogP contribution in [0.3, 0.4) is 0 Å². The molecular formula is C26H34N2O3S. The van der Waals surface area contributed by atoms with Gasteiger partial charge >= 0.3 is 0 Å². The van der Waals surface area contributed by atoms with Crippen molar-refractivity contribution in [1.82, 2.24) is 9.88 Å². The average molecular weight is 455 g/mol. The van der Waals surface area contributed by atoms with Gasteiger partial charge in [0.2, 0.25) is 0 Å². The summed E-state index contributed by atoms with van der Waals surface area (Å²) < 4.78 is 7.36. The molecule has 1 aromatic heterocycles. The van der Waals surface area contributed by atoms with Gasteiger partial charge < -0.3 is 14.7 Å². The Bertz CT molecular complexity index is 996. The van der Waals surface area contributed by atoms with E-state index in [1.165, 1.54) is 12.8 Å². The van der Waals surface area contributed by atoms with E-state index >= 15 is 0 Å². The number of piperidine rings is 1. The molecule has 5 rings (SSSR count). The number of allylic oxidation sites excluding steroid dienone is 1. The summed E-state index contributed by atoms with van der Waals surface area (Å²) in [5.74, 6) is -0.00109. The normalized spacial score (nSPS) is 32.9. The van der Waals surface area contributed by atoms with E-state index in [4.69, 9.17) is 9.72 Å². The molecule has 3 heterocycles. The molecule has 1 aromatic carbocycles. The maximum Gasteiger partial charge on any atom is 0.175 e. The summed E-state index contributed by atoms with van der Waals surface area (Å²) in [4.78, 5) is 20.8. The predicted molar refractivity (Wildman–Crippen MR) is 128 cm³/mol. The summed E-state index contributed by atoms with van der Waals surface area (Å²) in [6, 6.07) is 7.98. The van der Waals surface area contributed by atoms with Gasteiger partial charge in [-0.15, -0.1) is 11.3 Å². The highest BCUT2D eigenvalue weighted by Gasteiger charge is 2.50. The van der Waals surface area contributed by atoms with Gasteiger partial charge in [0, 0.05) is 19.0 Å². The molecule has 1 saturated carbocycles. The summed E-state index contributed by atoms with van der Waals surface area (Å²) in [6.07, 6.45) is 4.92. The number of nitrogens with zero attached hydrogens (tertiary/aromatic N) is 2. The number of carbonyl (C=O) groups is 1. The molecular weight excluding hydrogens is 420 g/mol. The van der Waals surface area contributed by atoms with E-state index in [2.05, 4.69) is 25.7 Å². The van der Waals surface area contributed by atoms with Gasteiger partial charge in [-0.3, -0.25) is 4.79 Å². The van der Waals surface area contributed by atoms with Crippen molar-refractivity contribution in [3.63, 3.8) is 0 Å². The number of ketones is 1. The van der Waals surface area contributed by atoms with E-state index in [0.717, 1.165) is 41.3 Å². The number of aromatic nitrogens is 1. The van der Waals surface area contributed by atoms with Crippen LogP contribution in [0.2, 0.25) is 0 Å². The zero-order chi connectivity index (χ0) is 22.5. The Balaban J connectivity index is 1.42. The molecule has 1 aliphatic carbocycles. The lowest BCUT2D eigenvalue weighted by molar-refractivity contribution is -0.141. The zero-order valence-electron chi connectivity index (χ0n) is 19.3. The lowest BCUT2D eigenvalue weighted by Crippen LogP contribution is -2.56. The van der Waals surface area contributed by atoms with E-state index in [1.807, 2.05) is 24.3 Å². The van der Waals surface area contributed by atoms with E-state index in [9.17, 15) is 9.90 Å². The van der Waals surface area contributed by atoms with Gasteiger partial charge in [0.05, 0.1) is 34.1 Å². The third-order valence-electron chi connectivity index (χ3n) is 7.74. The summed E-state index contributed by atoms with van der Waals surface area (Å²) in [5.41, 5.74) is 1.81. The molecule has 5 unspecified atom stereocenters. The van der Waals surface area contributed by atoms with Gasteiger partial charge in [-0.1, -0.05) is 39.3 Å². The second kappa shape index (κ2) is 8.54. The minimum Gasteiger partial charge on any atom is -0.496 e. The van der Waals surface area contributed by atoms with Gasteiger partial charge in [-0.05, 0) is 49.3 Å². The van der Waals surface area contributed by atoms with Gasteiger partial charge in [-0.2, -0.15) is 0 Å². The van der Waals surface area contributed by atoms with Crippen LogP contribution in [-0.2, 0) is 9.53 Å². The summed E-state index contributed by atoms with van der Waals surface area (Å²) >= 11 is 1.55. The molecule has 3 aliphatic rings. The van der Waals surface area contributed by atoms with Crippen molar-refractivity contribution in [3.8, 4) is 0 Å². The van der Waals surface area contributed by atoms with E-state index in [1.54, 1.807) is 17.6 Å². The lowest BCUT2D eigenvalue weighted by atomic mass is 9.67. The molecule has 2 aliphatic heterocycles. The maximum absolute atomic E-state index is 13.7. The fraction of sp³-hybridized carbons (Fsp3) is 0.615. The van der Waals surface area contributed by atoms with Crippen LogP contribution in [0.4, 0.5) is 0 Å². The molecule has 32 heavy (non-hydrogen) atoms. The van der Waals surface area contributed by atoms with Crippen molar-refractivity contribution in [2.45, 2.75) is 58.7 Å². The second-order valence-electron chi connectivity index (χ2n) is 10.7. The van der Waals surface area contributed by atoms with Crippen LogP contribution in [-0.4, -0.2) is 52.6 Å².